The highest BCUT2D eigenvalue weighted by atomic mass is 32.2. The molecule has 3 aromatic heterocycles. The number of imidazole rings is 1. The van der Waals surface area contributed by atoms with Gasteiger partial charge >= 0.3 is 5.69 Å². The molecule has 0 radical (unpaired) electrons. The van der Waals surface area contributed by atoms with Crippen LogP contribution in [0.5, 0.6) is 34.5 Å². The Morgan fingerprint density at radius 2 is 1.43 bits per heavy atom. The maximum Gasteiger partial charge on any atom is 0.328 e. The number of ether oxygens (including phenoxy) is 7. The fraction of sp³-hybridized carbons (Fsp3) is 0.443. The number of amides is 3. The molecule has 27 nitrogen and oxygen atoms in total. The number of aryl methyl sites for hydroxylation is 4. The molecule has 0 spiro atoms. The van der Waals surface area contributed by atoms with Gasteiger partial charge < -0.3 is 69.7 Å². The predicted molar refractivity (Wildman–Crippen MR) is 378 cm³/mol. The molecule has 4 heterocycles. The molecular formula is C70H93N13O14S. The first-order valence-electron chi connectivity index (χ1n) is 32.8. The summed E-state index contributed by atoms with van der Waals surface area (Å²) in [6, 6.07) is 22.0. The smallest absolute Gasteiger partial charge is 0.328 e. The number of likely N-dealkylation sites (N-methyl/N-ethyl adjacent to an activating group) is 1. The minimum Gasteiger partial charge on any atom is -0.493 e. The van der Waals surface area contributed by atoms with E-state index in [1.54, 1.807) is 56.7 Å². The van der Waals surface area contributed by atoms with Gasteiger partial charge in [0.05, 0.1) is 87.6 Å². The number of piperazine rings is 1. The number of nitrogens with zero attached hydrogens (tertiary/aromatic N) is 6. The summed E-state index contributed by atoms with van der Waals surface area (Å²) in [6.45, 7) is 17.1. The van der Waals surface area contributed by atoms with Crippen molar-refractivity contribution in [2.75, 3.05) is 135 Å². The van der Waals surface area contributed by atoms with Gasteiger partial charge in [-0.15, -0.1) is 0 Å². The molecule has 28 heteroatoms. The van der Waals surface area contributed by atoms with Crippen molar-refractivity contribution in [1.82, 2.24) is 44.9 Å². The lowest BCUT2D eigenvalue weighted by molar-refractivity contribution is -0.122. The number of carbonyl (C=O) groups excluding carboxylic acids is 3. The first-order chi connectivity index (χ1) is 47.1. The zero-order valence-electron chi connectivity index (χ0n) is 57.7. The van der Waals surface area contributed by atoms with Crippen LogP contribution in [-0.4, -0.2) is 187 Å². The van der Waals surface area contributed by atoms with Crippen LogP contribution in [0, 0.1) is 19.3 Å². The highest BCUT2D eigenvalue weighted by Gasteiger charge is 2.25. The van der Waals surface area contributed by atoms with Crippen molar-refractivity contribution < 1.29 is 56.0 Å². The third-order valence-electron chi connectivity index (χ3n) is 16.3. The Bertz CT molecular complexity index is 4130. The van der Waals surface area contributed by atoms with E-state index in [9.17, 15) is 32.4 Å². The summed E-state index contributed by atoms with van der Waals surface area (Å²) in [5, 5.41) is 20.4. The Morgan fingerprint density at radius 1 is 0.735 bits per heavy atom. The van der Waals surface area contributed by atoms with Gasteiger partial charge in [0.2, 0.25) is 11.8 Å². The van der Waals surface area contributed by atoms with Crippen LogP contribution >= 0.6 is 0 Å². The van der Waals surface area contributed by atoms with Crippen LogP contribution in [-0.2, 0) is 49.7 Å². The fourth-order valence-corrected chi connectivity index (χ4v) is 12.2. The van der Waals surface area contributed by atoms with Gasteiger partial charge in [0.25, 0.3) is 21.5 Å². The van der Waals surface area contributed by atoms with Gasteiger partial charge in [-0.1, -0.05) is 6.92 Å². The molecule has 7 aromatic rings. The molecule has 528 valence electrons. The van der Waals surface area contributed by atoms with Crippen LogP contribution in [0.2, 0.25) is 0 Å². The molecule has 4 aromatic carbocycles. The monoisotopic (exact) mass is 1370 g/mol. The molecule has 1 saturated heterocycles. The SMILES string of the molecule is CCCOc1cc(OCCCCN(C)CC(=O)NCCOCCOCCC(=O)NCCN2CCN(c3ccc(-c4cc(NC(C)C)c(C=N)c(C(=O)NCc5c(C)cc(C)[nH]c5=O)c4)cn3)CC2)cc(Oc2cc3c(cc2NS(=O)(=O)c2ccc(OC)c(OC)c2)n(C)c(=O)n3C)c1. The fourth-order valence-electron chi connectivity index (χ4n) is 11.1. The first-order valence-corrected chi connectivity index (χ1v) is 34.3. The van der Waals surface area contributed by atoms with E-state index in [0.29, 0.717) is 122 Å². The largest absolute Gasteiger partial charge is 0.493 e. The predicted octanol–water partition coefficient (Wildman–Crippen LogP) is 6.96. The van der Waals surface area contributed by atoms with E-state index in [1.807, 2.05) is 70.8 Å². The van der Waals surface area contributed by atoms with E-state index in [4.69, 9.17) is 43.6 Å². The number of methoxy groups -OCH3 is 2. The number of sulfonamides is 1. The lowest BCUT2D eigenvalue weighted by atomic mass is 9.97. The molecule has 0 atom stereocenters. The molecule has 0 saturated carbocycles. The minimum atomic E-state index is -4.22. The van der Waals surface area contributed by atoms with Crippen molar-refractivity contribution in [2.24, 2.45) is 14.1 Å². The second-order valence-electron chi connectivity index (χ2n) is 24.2. The Labute approximate surface area is 572 Å². The lowest BCUT2D eigenvalue weighted by Gasteiger charge is -2.35. The van der Waals surface area contributed by atoms with Crippen LogP contribution in [0.1, 0.15) is 79.2 Å². The molecule has 0 aliphatic carbocycles. The summed E-state index contributed by atoms with van der Waals surface area (Å²) < 4.78 is 73.8. The van der Waals surface area contributed by atoms with Gasteiger partial charge in [-0.25, -0.2) is 18.2 Å². The number of unbranched alkanes of at least 4 members (excludes halogenated alkanes) is 1. The number of rotatable bonds is 38. The van der Waals surface area contributed by atoms with Crippen molar-refractivity contribution in [2.45, 2.75) is 77.8 Å². The first kappa shape index (κ1) is 74.3. The summed E-state index contributed by atoms with van der Waals surface area (Å²) in [4.78, 5) is 78.7. The topological polar surface area (TPSA) is 316 Å². The van der Waals surface area contributed by atoms with Crippen LogP contribution in [0.3, 0.4) is 0 Å². The Hall–Kier alpha value is -9.48. The van der Waals surface area contributed by atoms with E-state index < -0.39 is 15.9 Å². The number of carbonyl (C=O) groups is 3. The second kappa shape index (κ2) is 35.7. The Morgan fingerprint density at radius 3 is 2.10 bits per heavy atom. The van der Waals surface area contributed by atoms with E-state index in [-0.39, 0.29) is 77.3 Å². The highest BCUT2D eigenvalue weighted by molar-refractivity contribution is 7.92. The number of H-pyrrole nitrogens is 1. The molecule has 0 unspecified atom stereocenters. The van der Waals surface area contributed by atoms with Crippen molar-refractivity contribution in [1.29, 1.82) is 5.41 Å². The third-order valence-corrected chi connectivity index (χ3v) is 17.7. The zero-order valence-corrected chi connectivity index (χ0v) is 58.5. The van der Waals surface area contributed by atoms with E-state index >= 15 is 0 Å². The van der Waals surface area contributed by atoms with Crippen molar-refractivity contribution in [3.63, 3.8) is 0 Å². The molecule has 7 N–H and O–H groups in total. The third kappa shape index (κ3) is 20.5. The van der Waals surface area contributed by atoms with Crippen molar-refractivity contribution in [3.05, 3.63) is 134 Å². The van der Waals surface area contributed by atoms with Gasteiger partial charge in [0.15, 0.2) is 17.2 Å². The summed E-state index contributed by atoms with van der Waals surface area (Å²) in [6.07, 6.45) is 5.34. The maximum absolute atomic E-state index is 13.9. The maximum atomic E-state index is 13.9. The number of aromatic nitrogens is 4. The van der Waals surface area contributed by atoms with Crippen LogP contribution in [0.25, 0.3) is 22.2 Å². The molecule has 98 heavy (non-hydrogen) atoms. The molecule has 1 aliphatic rings. The number of hydrogen-bond acceptors (Lipinski definition) is 20. The number of aromatic amines is 1. The molecule has 3 amide bonds. The standard InChI is InChI=1S/C70H93N13O14S/c1-11-27-95-51-36-52(38-53(37-51)97-63-41-61-60(80(7)70(88)81(61)8)40-59(63)78-98(89,90)54-15-16-62(91-9)64(39-54)92-10)96-28-13-12-21-79(6)45-67(85)73-20-30-94-32-31-93-29-18-66(84)72-19-22-82-23-25-83(26-24-82)65-17-14-49(43-74-65)50-34-55(56(42-71)58(35-50)76-46(2)3)68(86)75-44-57-47(4)33-48(5)77-69(57)87/h14-17,33-43,46,71,76,78H,11-13,18-32,44-45H2,1-10H3,(H,72,84)(H,73,85)(H,75,86)(H,77,87). The van der Waals surface area contributed by atoms with Crippen LogP contribution in [0.4, 0.5) is 17.2 Å². The van der Waals surface area contributed by atoms with Crippen molar-refractivity contribution >= 4 is 62.2 Å². The van der Waals surface area contributed by atoms with Gasteiger partial charge in [0.1, 0.15) is 23.1 Å². The van der Waals surface area contributed by atoms with Gasteiger partial charge in [-0.3, -0.25) is 42.8 Å². The number of hydrogen-bond donors (Lipinski definition) is 7. The van der Waals surface area contributed by atoms with Crippen LogP contribution < -0.4 is 65.8 Å². The summed E-state index contributed by atoms with van der Waals surface area (Å²) in [5.41, 5.74) is 5.46. The van der Waals surface area contributed by atoms with E-state index in [0.717, 1.165) is 67.2 Å². The van der Waals surface area contributed by atoms with Gasteiger partial charge in [-0.05, 0) is 120 Å². The minimum absolute atomic E-state index is 0.0335. The normalized spacial score (nSPS) is 12.6. The molecule has 1 aliphatic heterocycles. The number of pyridine rings is 2. The average Bonchev–Trinajstić information content (AvgIpc) is 1.56. The van der Waals surface area contributed by atoms with Gasteiger partial charge in [-0.2, -0.15) is 0 Å². The molecule has 8 rings (SSSR count). The van der Waals surface area contributed by atoms with Crippen LogP contribution in [0.15, 0.2) is 99.5 Å². The molecule has 1 fully saturated rings. The summed E-state index contributed by atoms with van der Waals surface area (Å²) in [7, 11) is 3.73. The second-order valence-corrected chi connectivity index (χ2v) is 25.9. The molecular weight excluding hydrogens is 1280 g/mol. The average molecular weight is 1370 g/mol. The lowest BCUT2D eigenvalue weighted by Crippen LogP contribution is -2.48. The summed E-state index contributed by atoms with van der Waals surface area (Å²) in [5.74, 6) is 2.15. The van der Waals surface area contributed by atoms with E-state index in [1.165, 1.54) is 47.8 Å². The number of nitrogens with one attached hydrogen (secondary N) is 7. The van der Waals surface area contributed by atoms with E-state index in [2.05, 4.69) is 40.8 Å². The Kier molecular flexibility index (Phi) is 27.1. The number of anilines is 3. The zero-order chi connectivity index (χ0) is 70.5. The van der Waals surface area contributed by atoms with Crippen molar-refractivity contribution in [3.8, 4) is 45.6 Å². The molecule has 0 bridgehead atoms. The van der Waals surface area contributed by atoms with Gasteiger partial charge in [0, 0.05) is 150 Å². The number of benzene rings is 4. The number of fused-ring (bicyclic) bond motifs is 1. The Balaban J connectivity index is 0.682. The summed E-state index contributed by atoms with van der Waals surface area (Å²) >= 11 is 0. The highest BCUT2D eigenvalue weighted by Crippen LogP contribution is 2.39. The quantitative estimate of drug-likeness (QED) is 0.0152.